The maximum Gasteiger partial charge on any atom is 0.311 e. The molecule has 2 fully saturated rings. The monoisotopic (exact) mass is 197 g/mol. The van der Waals surface area contributed by atoms with Gasteiger partial charge in [-0.2, -0.15) is 0 Å². The number of carbonyl (C=O) groups is 2. The van der Waals surface area contributed by atoms with Gasteiger partial charge in [0.15, 0.2) is 0 Å². The van der Waals surface area contributed by atoms with Crippen LogP contribution in [0.5, 0.6) is 0 Å². The highest BCUT2D eigenvalue weighted by Gasteiger charge is 2.59. The van der Waals surface area contributed by atoms with Gasteiger partial charge in [0, 0.05) is 19.5 Å². The smallest absolute Gasteiger partial charge is 0.311 e. The lowest BCUT2D eigenvalue weighted by Gasteiger charge is -2.28. The molecule has 1 aliphatic heterocycles. The molecule has 1 saturated heterocycles. The van der Waals surface area contributed by atoms with E-state index in [1.165, 1.54) is 6.92 Å². The lowest BCUT2D eigenvalue weighted by atomic mass is 9.94. The van der Waals surface area contributed by atoms with E-state index in [0.717, 1.165) is 32.2 Å². The molecule has 0 spiro atoms. The molecule has 0 aromatic heterocycles. The first-order chi connectivity index (χ1) is 6.58. The van der Waals surface area contributed by atoms with E-state index in [9.17, 15) is 9.59 Å². The summed E-state index contributed by atoms with van der Waals surface area (Å²) in [5.74, 6) is -0.712. The fourth-order valence-electron chi connectivity index (χ4n) is 2.54. The molecule has 14 heavy (non-hydrogen) atoms. The van der Waals surface area contributed by atoms with Crippen LogP contribution < -0.4 is 0 Å². The van der Waals surface area contributed by atoms with Crippen LogP contribution in [-0.2, 0) is 9.59 Å². The van der Waals surface area contributed by atoms with Crippen molar-refractivity contribution < 1.29 is 14.7 Å². The highest BCUT2D eigenvalue weighted by atomic mass is 16.4. The molecule has 1 aliphatic carbocycles. The van der Waals surface area contributed by atoms with Crippen LogP contribution in [-0.4, -0.2) is 34.5 Å². The van der Waals surface area contributed by atoms with Gasteiger partial charge in [0.25, 0.3) is 0 Å². The molecule has 1 amide bonds. The molecule has 2 aliphatic rings. The highest BCUT2D eigenvalue weighted by Crippen LogP contribution is 2.53. The molecule has 4 heteroatoms. The Hall–Kier alpha value is -1.06. The van der Waals surface area contributed by atoms with Crippen LogP contribution in [0.3, 0.4) is 0 Å². The first kappa shape index (κ1) is 9.49. The first-order valence-electron chi connectivity index (χ1n) is 5.08. The third-order valence-corrected chi connectivity index (χ3v) is 3.51. The number of nitrogens with zero attached hydrogens (tertiary/aromatic N) is 1. The second-order valence-electron chi connectivity index (χ2n) is 4.33. The zero-order valence-corrected chi connectivity index (χ0v) is 8.32. The second-order valence-corrected chi connectivity index (χ2v) is 4.33. The summed E-state index contributed by atoms with van der Waals surface area (Å²) in [6.45, 7) is 2.26. The molecular formula is C10H15NO3. The maximum atomic E-state index is 11.3. The molecule has 0 aromatic rings. The summed E-state index contributed by atoms with van der Waals surface area (Å²) in [5.41, 5.74) is -0.595. The second kappa shape index (κ2) is 2.97. The van der Waals surface area contributed by atoms with Gasteiger partial charge in [-0.15, -0.1) is 0 Å². The van der Waals surface area contributed by atoms with Gasteiger partial charge >= 0.3 is 5.97 Å². The number of rotatable bonds is 2. The lowest BCUT2D eigenvalue weighted by Crippen LogP contribution is -2.43. The molecule has 0 radical (unpaired) electrons. The number of likely N-dealkylation sites (tertiary alicyclic amines) is 1. The van der Waals surface area contributed by atoms with Crippen molar-refractivity contribution in [3.63, 3.8) is 0 Å². The number of hydrogen-bond donors (Lipinski definition) is 1. The zero-order valence-electron chi connectivity index (χ0n) is 8.32. The quantitative estimate of drug-likeness (QED) is 0.714. The molecule has 0 aromatic carbocycles. The Balaban J connectivity index is 2.18. The molecule has 1 heterocycles. The van der Waals surface area contributed by atoms with Crippen molar-refractivity contribution in [3.05, 3.63) is 0 Å². The lowest BCUT2D eigenvalue weighted by molar-refractivity contribution is -0.147. The van der Waals surface area contributed by atoms with Crippen LogP contribution >= 0.6 is 0 Å². The van der Waals surface area contributed by atoms with Crippen molar-refractivity contribution in [1.29, 1.82) is 0 Å². The predicted octanol–water partition coefficient (Wildman–Crippen LogP) is 0.862. The Morgan fingerprint density at radius 3 is 2.50 bits per heavy atom. The average molecular weight is 197 g/mol. The van der Waals surface area contributed by atoms with Crippen molar-refractivity contribution in [2.45, 2.75) is 38.6 Å². The van der Waals surface area contributed by atoms with Gasteiger partial charge in [-0.25, -0.2) is 0 Å². The van der Waals surface area contributed by atoms with Crippen molar-refractivity contribution in [2.24, 2.45) is 5.41 Å². The number of hydrogen-bond acceptors (Lipinski definition) is 2. The molecule has 1 unspecified atom stereocenters. The molecular weight excluding hydrogens is 182 g/mol. The van der Waals surface area contributed by atoms with E-state index < -0.39 is 11.4 Å². The fourth-order valence-corrected chi connectivity index (χ4v) is 2.54. The number of carboxylic acid groups (broad SMARTS) is 1. The molecule has 78 valence electrons. The van der Waals surface area contributed by atoms with Gasteiger partial charge in [0.1, 0.15) is 0 Å². The van der Waals surface area contributed by atoms with Gasteiger partial charge in [0.2, 0.25) is 5.91 Å². The predicted molar refractivity (Wildman–Crippen MR) is 49.7 cm³/mol. The first-order valence-corrected chi connectivity index (χ1v) is 5.08. The average Bonchev–Trinajstić information content (AvgIpc) is 2.77. The van der Waals surface area contributed by atoms with Gasteiger partial charge < -0.3 is 10.0 Å². The molecule has 1 atom stereocenters. The summed E-state index contributed by atoms with van der Waals surface area (Å²) in [7, 11) is 0. The number of carbonyl (C=O) groups excluding carboxylic acids is 1. The van der Waals surface area contributed by atoms with Gasteiger partial charge in [-0.3, -0.25) is 9.59 Å². The van der Waals surface area contributed by atoms with Crippen molar-refractivity contribution in [3.8, 4) is 0 Å². The van der Waals surface area contributed by atoms with E-state index in [1.807, 2.05) is 0 Å². The molecule has 1 N–H and O–H groups in total. The van der Waals surface area contributed by atoms with Crippen LogP contribution in [0.2, 0.25) is 0 Å². The van der Waals surface area contributed by atoms with Crippen molar-refractivity contribution >= 4 is 11.9 Å². The third-order valence-electron chi connectivity index (χ3n) is 3.51. The van der Waals surface area contributed by atoms with Gasteiger partial charge in [-0.1, -0.05) is 0 Å². The minimum absolute atomic E-state index is 0.0139. The minimum Gasteiger partial charge on any atom is -0.481 e. The summed E-state index contributed by atoms with van der Waals surface area (Å²) in [4.78, 5) is 24.1. The SMILES string of the molecule is CC(=O)N1CCCC1C1(C(=O)O)CC1. The van der Waals surface area contributed by atoms with E-state index in [1.54, 1.807) is 4.90 Å². The van der Waals surface area contributed by atoms with Crippen LogP contribution in [0.1, 0.15) is 32.6 Å². The Bertz CT molecular complexity index is 283. The van der Waals surface area contributed by atoms with E-state index in [0.29, 0.717) is 0 Å². The Morgan fingerprint density at radius 2 is 2.07 bits per heavy atom. The zero-order chi connectivity index (χ0) is 10.3. The van der Waals surface area contributed by atoms with Gasteiger partial charge in [0.05, 0.1) is 5.41 Å². The van der Waals surface area contributed by atoms with E-state index in [4.69, 9.17) is 5.11 Å². The normalized spacial score (nSPS) is 28.9. The van der Waals surface area contributed by atoms with Gasteiger partial charge in [-0.05, 0) is 25.7 Å². The molecule has 2 rings (SSSR count). The number of amides is 1. The fraction of sp³-hybridized carbons (Fsp3) is 0.800. The van der Waals surface area contributed by atoms with Crippen molar-refractivity contribution in [1.82, 2.24) is 4.90 Å². The summed E-state index contributed by atoms with van der Waals surface area (Å²) in [6, 6.07) is -0.0440. The van der Waals surface area contributed by atoms with E-state index in [2.05, 4.69) is 0 Å². The van der Waals surface area contributed by atoms with E-state index >= 15 is 0 Å². The van der Waals surface area contributed by atoms with E-state index in [-0.39, 0.29) is 11.9 Å². The molecule has 4 nitrogen and oxygen atoms in total. The Morgan fingerprint density at radius 1 is 1.43 bits per heavy atom. The largest absolute Gasteiger partial charge is 0.481 e. The Labute approximate surface area is 82.9 Å². The van der Waals surface area contributed by atoms with Crippen LogP contribution in [0.25, 0.3) is 0 Å². The number of aliphatic carboxylic acids is 1. The van der Waals surface area contributed by atoms with Crippen molar-refractivity contribution in [2.75, 3.05) is 6.54 Å². The highest BCUT2D eigenvalue weighted by molar-refractivity contribution is 5.81. The summed E-state index contributed by atoms with van der Waals surface area (Å²) < 4.78 is 0. The molecule has 0 bridgehead atoms. The summed E-state index contributed by atoms with van der Waals surface area (Å²) >= 11 is 0. The third kappa shape index (κ3) is 1.21. The standard InChI is InChI=1S/C10H15NO3/c1-7(12)11-6-2-3-8(11)10(4-5-10)9(13)14/h8H,2-6H2,1H3,(H,13,14). The Kier molecular flexibility index (Phi) is 2.01. The van der Waals surface area contributed by atoms with Crippen LogP contribution in [0.4, 0.5) is 0 Å². The summed E-state index contributed by atoms with van der Waals surface area (Å²) in [5, 5.41) is 9.13. The topological polar surface area (TPSA) is 57.6 Å². The molecule has 1 saturated carbocycles. The minimum atomic E-state index is -0.726. The maximum absolute atomic E-state index is 11.3. The number of carboxylic acids is 1. The van der Waals surface area contributed by atoms with Crippen LogP contribution in [0.15, 0.2) is 0 Å². The summed E-state index contributed by atoms with van der Waals surface area (Å²) in [6.07, 6.45) is 3.26. The van der Waals surface area contributed by atoms with Crippen LogP contribution in [0, 0.1) is 5.41 Å².